The summed E-state index contributed by atoms with van der Waals surface area (Å²) in [5, 5.41) is 0. The standard InChI is InChI=1S/C14H19N/c1-10-11-5-4-6-13(15)12(11)9-14(10)7-2-3-8-14/h4-6,10H,2-3,7-9,15H2,1H3. The first-order chi connectivity index (χ1) is 7.23. The molecule has 2 aliphatic carbocycles. The van der Waals surface area contributed by atoms with E-state index in [4.69, 9.17) is 5.73 Å². The second-order valence-corrected chi connectivity index (χ2v) is 5.38. The molecule has 0 radical (unpaired) electrons. The van der Waals surface area contributed by atoms with E-state index in [0.717, 1.165) is 11.6 Å². The molecule has 1 heteroatoms. The summed E-state index contributed by atoms with van der Waals surface area (Å²) in [5.74, 6) is 0.721. The van der Waals surface area contributed by atoms with E-state index in [-0.39, 0.29) is 0 Å². The molecule has 1 saturated carbocycles. The fourth-order valence-electron chi connectivity index (χ4n) is 3.76. The predicted molar refractivity (Wildman–Crippen MR) is 63.9 cm³/mol. The van der Waals surface area contributed by atoms with E-state index >= 15 is 0 Å². The first kappa shape index (κ1) is 9.26. The highest BCUT2D eigenvalue weighted by molar-refractivity contribution is 5.55. The van der Waals surface area contributed by atoms with Crippen molar-refractivity contribution >= 4 is 5.69 Å². The molecule has 0 aromatic heterocycles. The number of benzene rings is 1. The molecule has 0 bridgehead atoms. The van der Waals surface area contributed by atoms with E-state index in [1.807, 2.05) is 0 Å². The number of nitrogens with two attached hydrogens (primary N) is 1. The van der Waals surface area contributed by atoms with Gasteiger partial charge in [-0.2, -0.15) is 0 Å². The van der Waals surface area contributed by atoms with Crippen molar-refractivity contribution in [1.82, 2.24) is 0 Å². The minimum atomic E-state index is 0.567. The maximum Gasteiger partial charge on any atom is 0.0349 e. The molecule has 2 N–H and O–H groups in total. The van der Waals surface area contributed by atoms with E-state index in [2.05, 4.69) is 25.1 Å². The molecular formula is C14H19N. The van der Waals surface area contributed by atoms with Crippen LogP contribution in [0.3, 0.4) is 0 Å². The Kier molecular flexibility index (Phi) is 1.86. The van der Waals surface area contributed by atoms with Gasteiger partial charge in [-0.3, -0.25) is 0 Å². The zero-order chi connectivity index (χ0) is 10.5. The second-order valence-electron chi connectivity index (χ2n) is 5.38. The van der Waals surface area contributed by atoms with Crippen LogP contribution in [-0.2, 0) is 6.42 Å². The lowest BCUT2D eigenvalue weighted by Crippen LogP contribution is -2.19. The maximum atomic E-state index is 6.09. The zero-order valence-electron chi connectivity index (χ0n) is 9.42. The van der Waals surface area contributed by atoms with Gasteiger partial charge in [0.2, 0.25) is 0 Å². The average Bonchev–Trinajstić information content (AvgIpc) is 2.79. The molecule has 0 aliphatic heterocycles. The van der Waals surface area contributed by atoms with Crippen molar-refractivity contribution < 1.29 is 0 Å². The van der Waals surface area contributed by atoms with Crippen LogP contribution in [0.5, 0.6) is 0 Å². The van der Waals surface area contributed by atoms with Crippen molar-refractivity contribution in [3.8, 4) is 0 Å². The third-order valence-corrected chi connectivity index (χ3v) is 4.76. The SMILES string of the molecule is CC1c2cccc(N)c2CC12CCCC2. The Balaban J connectivity index is 2.08. The van der Waals surface area contributed by atoms with Gasteiger partial charge in [-0.05, 0) is 47.8 Å². The van der Waals surface area contributed by atoms with E-state index in [1.54, 1.807) is 0 Å². The van der Waals surface area contributed by atoms with Gasteiger partial charge in [0.1, 0.15) is 0 Å². The first-order valence-corrected chi connectivity index (χ1v) is 6.10. The molecule has 15 heavy (non-hydrogen) atoms. The van der Waals surface area contributed by atoms with Gasteiger partial charge in [0, 0.05) is 5.69 Å². The largest absolute Gasteiger partial charge is 0.398 e. The lowest BCUT2D eigenvalue weighted by Gasteiger charge is -2.28. The monoisotopic (exact) mass is 201 g/mol. The number of hydrogen-bond acceptors (Lipinski definition) is 1. The lowest BCUT2D eigenvalue weighted by atomic mass is 9.76. The summed E-state index contributed by atoms with van der Waals surface area (Å²) < 4.78 is 0. The van der Waals surface area contributed by atoms with Gasteiger partial charge in [0.05, 0.1) is 0 Å². The number of nitrogen functional groups attached to an aromatic ring is 1. The van der Waals surface area contributed by atoms with Gasteiger partial charge in [0.25, 0.3) is 0 Å². The van der Waals surface area contributed by atoms with Crippen LogP contribution >= 0.6 is 0 Å². The predicted octanol–water partition coefficient (Wildman–Crippen LogP) is 3.49. The highest BCUT2D eigenvalue weighted by Crippen LogP contribution is 2.57. The molecule has 1 aromatic carbocycles. The molecule has 1 aromatic rings. The van der Waals surface area contributed by atoms with E-state index in [9.17, 15) is 0 Å². The quantitative estimate of drug-likeness (QED) is 0.639. The fraction of sp³-hybridized carbons (Fsp3) is 0.571. The summed E-state index contributed by atoms with van der Waals surface area (Å²) in [6.07, 6.45) is 6.87. The molecule has 1 fully saturated rings. The molecule has 0 heterocycles. The van der Waals surface area contributed by atoms with Crippen molar-refractivity contribution in [2.75, 3.05) is 5.73 Å². The molecule has 80 valence electrons. The highest BCUT2D eigenvalue weighted by atomic mass is 14.6. The first-order valence-electron chi connectivity index (χ1n) is 6.10. The molecule has 0 amide bonds. The zero-order valence-corrected chi connectivity index (χ0v) is 9.42. The van der Waals surface area contributed by atoms with Crippen LogP contribution < -0.4 is 5.73 Å². The van der Waals surface area contributed by atoms with Crippen LogP contribution in [0.15, 0.2) is 18.2 Å². The van der Waals surface area contributed by atoms with Crippen molar-refractivity contribution in [2.45, 2.75) is 44.9 Å². The summed E-state index contributed by atoms with van der Waals surface area (Å²) in [4.78, 5) is 0. The minimum Gasteiger partial charge on any atom is -0.398 e. The van der Waals surface area contributed by atoms with E-state index < -0.39 is 0 Å². The molecule has 1 atom stereocenters. The van der Waals surface area contributed by atoms with Crippen LogP contribution in [-0.4, -0.2) is 0 Å². The van der Waals surface area contributed by atoms with Crippen molar-refractivity contribution in [3.63, 3.8) is 0 Å². The van der Waals surface area contributed by atoms with Crippen LogP contribution in [0.1, 0.15) is 49.7 Å². The molecule has 1 unspecified atom stereocenters. The Morgan fingerprint density at radius 1 is 1.27 bits per heavy atom. The Bertz CT molecular complexity index is 388. The van der Waals surface area contributed by atoms with Crippen LogP contribution in [0.4, 0.5) is 5.69 Å². The second kappa shape index (κ2) is 3.01. The smallest absolute Gasteiger partial charge is 0.0349 e. The van der Waals surface area contributed by atoms with Crippen molar-refractivity contribution in [1.29, 1.82) is 0 Å². The fourth-order valence-corrected chi connectivity index (χ4v) is 3.76. The van der Waals surface area contributed by atoms with Crippen LogP contribution in [0.2, 0.25) is 0 Å². The molecule has 3 rings (SSSR count). The lowest BCUT2D eigenvalue weighted by molar-refractivity contribution is 0.266. The molecular weight excluding hydrogens is 182 g/mol. The topological polar surface area (TPSA) is 26.0 Å². The highest BCUT2D eigenvalue weighted by Gasteiger charge is 2.45. The van der Waals surface area contributed by atoms with E-state index in [1.165, 1.54) is 43.2 Å². The summed E-state index contributed by atoms with van der Waals surface area (Å²) >= 11 is 0. The summed E-state index contributed by atoms with van der Waals surface area (Å²) in [6.45, 7) is 2.40. The Hall–Kier alpha value is -0.980. The third kappa shape index (κ3) is 1.15. The molecule has 2 aliphatic rings. The molecule has 1 nitrogen and oxygen atoms in total. The Labute approximate surface area is 91.7 Å². The maximum absolute atomic E-state index is 6.09. The van der Waals surface area contributed by atoms with Gasteiger partial charge in [0.15, 0.2) is 0 Å². The normalized spacial score (nSPS) is 27.1. The number of fused-ring (bicyclic) bond motifs is 1. The third-order valence-electron chi connectivity index (χ3n) is 4.76. The van der Waals surface area contributed by atoms with Gasteiger partial charge in [-0.15, -0.1) is 0 Å². The van der Waals surface area contributed by atoms with E-state index in [0.29, 0.717) is 5.41 Å². The summed E-state index contributed by atoms with van der Waals surface area (Å²) in [6, 6.07) is 6.45. The van der Waals surface area contributed by atoms with Gasteiger partial charge in [-0.25, -0.2) is 0 Å². The van der Waals surface area contributed by atoms with Crippen LogP contribution in [0, 0.1) is 5.41 Å². The minimum absolute atomic E-state index is 0.567. The van der Waals surface area contributed by atoms with Gasteiger partial charge in [-0.1, -0.05) is 31.9 Å². The van der Waals surface area contributed by atoms with Crippen molar-refractivity contribution in [3.05, 3.63) is 29.3 Å². The molecule has 1 spiro atoms. The Morgan fingerprint density at radius 3 is 2.67 bits per heavy atom. The van der Waals surface area contributed by atoms with Crippen molar-refractivity contribution in [2.24, 2.45) is 5.41 Å². The van der Waals surface area contributed by atoms with Crippen LogP contribution in [0.25, 0.3) is 0 Å². The molecule has 0 saturated heterocycles. The van der Waals surface area contributed by atoms with Gasteiger partial charge >= 0.3 is 0 Å². The number of rotatable bonds is 0. The number of anilines is 1. The summed E-state index contributed by atoms with van der Waals surface area (Å²) in [7, 11) is 0. The average molecular weight is 201 g/mol. The Morgan fingerprint density at radius 2 is 2.00 bits per heavy atom. The summed E-state index contributed by atoms with van der Waals surface area (Å²) in [5.41, 5.74) is 10.6. The van der Waals surface area contributed by atoms with Gasteiger partial charge < -0.3 is 5.73 Å². The number of hydrogen-bond donors (Lipinski definition) is 1.